The molecule has 0 spiro atoms. The first-order valence-electron chi connectivity index (χ1n) is 5.34. The number of anilines is 1. The van der Waals surface area contributed by atoms with Gasteiger partial charge in [-0.3, -0.25) is 5.43 Å². The van der Waals surface area contributed by atoms with Crippen LogP contribution in [0.1, 0.15) is 11.3 Å². The molecule has 1 heterocycles. The minimum Gasteiger partial charge on any atom is -0.496 e. The Hall–Kier alpha value is -1.47. The van der Waals surface area contributed by atoms with Crippen molar-refractivity contribution < 1.29 is 9.13 Å². The smallest absolute Gasteiger partial charge is 0.203 e. The summed E-state index contributed by atoms with van der Waals surface area (Å²) in [6.07, 6.45) is 1.55. The average Bonchev–Trinajstić information content (AvgIpc) is 2.77. The highest BCUT2D eigenvalue weighted by Crippen LogP contribution is 2.26. The molecular formula is C12H11BrFN3OS. The topological polar surface area (TPSA) is 46.5 Å². The number of ether oxygens (including phenoxy) is 1. The number of hydrogen-bond acceptors (Lipinski definition) is 5. The zero-order valence-electron chi connectivity index (χ0n) is 10.3. The Morgan fingerprint density at radius 3 is 2.95 bits per heavy atom. The van der Waals surface area contributed by atoms with Gasteiger partial charge in [0.15, 0.2) is 0 Å². The van der Waals surface area contributed by atoms with Crippen LogP contribution in [0.25, 0.3) is 0 Å². The van der Waals surface area contributed by atoms with E-state index in [1.165, 1.54) is 30.6 Å². The standard InChI is InChI=1S/C12H11BrFN3OS/c1-7-6-19-12(16-7)17-15-5-9-10(13)3-8(14)4-11(9)18-2/h3-6H,1-2H3,(H,16,17). The van der Waals surface area contributed by atoms with Gasteiger partial charge in [-0.05, 0) is 28.9 Å². The normalized spacial score (nSPS) is 10.9. The van der Waals surface area contributed by atoms with Crippen molar-refractivity contribution in [1.29, 1.82) is 0 Å². The van der Waals surface area contributed by atoms with Crippen molar-refractivity contribution >= 4 is 38.6 Å². The molecule has 4 nitrogen and oxygen atoms in total. The second kappa shape index (κ2) is 6.12. The lowest BCUT2D eigenvalue weighted by Crippen LogP contribution is -1.96. The maximum Gasteiger partial charge on any atom is 0.203 e. The van der Waals surface area contributed by atoms with Crippen molar-refractivity contribution in [3.05, 3.63) is 39.1 Å². The molecule has 0 saturated heterocycles. The summed E-state index contributed by atoms with van der Waals surface area (Å²) in [5, 5.41) is 6.69. The van der Waals surface area contributed by atoms with Crippen molar-refractivity contribution in [2.24, 2.45) is 5.10 Å². The molecule has 0 aliphatic carbocycles. The SMILES string of the molecule is COc1cc(F)cc(Br)c1C=NNc1nc(C)cs1. The van der Waals surface area contributed by atoms with Gasteiger partial charge in [-0.15, -0.1) is 11.3 Å². The molecule has 0 amide bonds. The van der Waals surface area contributed by atoms with Crippen molar-refractivity contribution in [2.75, 3.05) is 12.5 Å². The Kier molecular flexibility index (Phi) is 4.49. The number of methoxy groups -OCH3 is 1. The van der Waals surface area contributed by atoms with Gasteiger partial charge in [-0.2, -0.15) is 5.10 Å². The molecule has 7 heteroatoms. The first kappa shape index (κ1) is 14.0. The van der Waals surface area contributed by atoms with Crippen LogP contribution in [0.15, 0.2) is 27.1 Å². The van der Waals surface area contributed by atoms with Crippen LogP contribution in [-0.4, -0.2) is 18.3 Å². The van der Waals surface area contributed by atoms with Crippen LogP contribution in [0.3, 0.4) is 0 Å². The molecule has 0 atom stereocenters. The highest BCUT2D eigenvalue weighted by molar-refractivity contribution is 9.10. The van der Waals surface area contributed by atoms with E-state index in [9.17, 15) is 4.39 Å². The molecule has 2 aromatic rings. The number of nitrogens with one attached hydrogen (secondary N) is 1. The number of halogens is 2. The number of hydrogen-bond donors (Lipinski definition) is 1. The largest absolute Gasteiger partial charge is 0.496 e. The number of nitrogens with zero attached hydrogens (tertiary/aromatic N) is 2. The highest BCUT2D eigenvalue weighted by atomic mass is 79.9. The molecule has 0 aliphatic heterocycles. The van der Waals surface area contributed by atoms with E-state index in [-0.39, 0.29) is 5.82 Å². The van der Waals surface area contributed by atoms with E-state index in [2.05, 4.69) is 31.4 Å². The van der Waals surface area contributed by atoms with Crippen molar-refractivity contribution in [2.45, 2.75) is 6.92 Å². The van der Waals surface area contributed by atoms with E-state index in [1.807, 2.05) is 12.3 Å². The average molecular weight is 344 g/mol. The minimum atomic E-state index is -0.371. The van der Waals surface area contributed by atoms with E-state index in [1.54, 1.807) is 6.21 Å². The summed E-state index contributed by atoms with van der Waals surface area (Å²) in [5.41, 5.74) is 4.40. The number of aromatic nitrogens is 1. The van der Waals surface area contributed by atoms with Gasteiger partial charge in [-0.1, -0.05) is 0 Å². The molecule has 1 aromatic carbocycles. The van der Waals surface area contributed by atoms with Gasteiger partial charge in [0.2, 0.25) is 5.13 Å². The summed E-state index contributed by atoms with van der Waals surface area (Å²) in [6.45, 7) is 1.91. The zero-order chi connectivity index (χ0) is 13.8. The summed E-state index contributed by atoms with van der Waals surface area (Å²) in [7, 11) is 1.48. The third-order valence-corrected chi connectivity index (χ3v) is 3.77. The quantitative estimate of drug-likeness (QED) is 0.678. The molecule has 19 heavy (non-hydrogen) atoms. The molecular weight excluding hydrogens is 333 g/mol. The molecule has 1 aromatic heterocycles. The number of rotatable bonds is 4. The van der Waals surface area contributed by atoms with E-state index < -0.39 is 0 Å². The van der Waals surface area contributed by atoms with Crippen LogP contribution in [-0.2, 0) is 0 Å². The molecule has 0 radical (unpaired) electrons. The Bertz CT molecular complexity index is 615. The lowest BCUT2D eigenvalue weighted by atomic mass is 10.2. The second-order valence-electron chi connectivity index (χ2n) is 3.67. The van der Waals surface area contributed by atoms with Gasteiger partial charge in [0.05, 0.1) is 24.6 Å². The van der Waals surface area contributed by atoms with E-state index in [4.69, 9.17) is 4.74 Å². The third kappa shape index (κ3) is 3.51. The molecule has 1 N–H and O–H groups in total. The predicted octanol–water partition coefficient (Wildman–Crippen LogP) is 3.81. The summed E-state index contributed by atoms with van der Waals surface area (Å²) in [5.74, 6) is 0.0390. The van der Waals surface area contributed by atoms with Gasteiger partial charge >= 0.3 is 0 Å². The van der Waals surface area contributed by atoms with Gasteiger partial charge in [0, 0.05) is 15.9 Å². The Morgan fingerprint density at radius 2 is 2.32 bits per heavy atom. The van der Waals surface area contributed by atoms with Crippen LogP contribution in [0.5, 0.6) is 5.75 Å². The van der Waals surface area contributed by atoms with Crippen LogP contribution in [0.4, 0.5) is 9.52 Å². The van der Waals surface area contributed by atoms with Crippen molar-refractivity contribution in [1.82, 2.24) is 4.98 Å². The first-order valence-corrected chi connectivity index (χ1v) is 7.01. The lowest BCUT2D eigenvalue weighted by Gasteiger charge is -2.06. The lowest BCUT2D eigenvalue weighted by molar-refractivity contribution is 0.410. The van der Waals surface area contributed by atoms with Crippen molar-refractivity contribution in [3.63, 3.8) is 0 Å². The highest BCUT2D eigenvalue weighted by Gasteiger charge is 2.08. The summed E-state index contributed by atoms with van der Waals surface area (Å²) in [4.78, 5) is 4.21. The van der Waals surface area contributed by atoms with Gasteiger partial charge in [0.25, 0.3) is 0 Å². The first-order chi connectivity index (χ1) is 9.10. The number of hydrazone groups is 1. The molecule has 0 aliphatic rings. The minimum absolute atomic E-state index is 0.371. The molecule has 0 bridgehead atoms. The molecule has 0 unspecified atom stereocenters. The van der Waals surface area contributed by atoms with Crippen LogP contribution >= 0.6 is 27.3 Å². The Labute approximate surface area is 122 Å². The number of benzene rings is 1. The summed E-state index contributed by atoms with van der Waals surface area (Å²) < 4.78 is 18.9. The molecule has 2 rings (SSSR count). The maximum absolute atomic E-state index is 13.2. The third-order valence-electron chi connectivity index (χ3n) is 2.25. The van der Waals surface area contributed by atoms with Crippen LogP contribution in [0, 0.1) is 12.7 Å². The van der Waals surface area contributed by atoms with Gasteiger partial charge < -0.3 is 4.74 Å². The van der Waals surface area contributed by atoms with Crippen LogP contribution < -0.4 is 10.2 Å². The van der Waals surface area contributed by atoms with E-state index >= 15 is 0 Å². The summed E-state index contributed by atoms with van der Waals surface area (Å²) in [6, 6.07) is 2.66. The van der Waals surface area contributed by atoms with Gasteiger partial charge in [-0.25, -0.2) is 9.37 Å². The molecule has 0 fully saturated rings. The van der Waals surface area contributed by atoms with Crippen molar-refractivity contribution in [3.8, 4) is 5.75 Å². The predicted molar refractivity (Wildman–Crippen MR) is 78.7 cm³/mol. The molecule has 100 valence electrons. The number of aryl methyl sites for hydroxylation is 1. The fourth-order valence-electron chi connectivity index (χ4n) is 1.41. The Balaban J connectivity index is 2.18. The van der Waals surface area contributed by atoms with Crippen LogP contribution in [0.2, 0.25) is 0 Å². The zero-order valence-corrected chi connectivity index (χ0v) is 12.7. The molecule has 0 saturated carbocycles. The monoisotopic (exact) mass is 343 g/mol. The fraction of sp³-hybridized carbons (Fsp3) is 0.167. The Morgan fingerprint density at radius 1 is 1.53 bits per heavy atom. The summed E-state index contributed by atoms with van der Waals surface area (Å²) >= 11 is 4.74. The van der Waals surface area contributed by atoms with E-state index in [0.717, 1.165) is 5.69 Å². The maximum atomic E-state index is 13.2. The van der Waals surface area contributed by atoms with Gasteiger partial charge in [0.1, 0.15) is 11.6 Å². The fourth-order valence-corrected chi connectivity index (χ4v) is 2.57. The number of thiazole rings is 1. The second-order valence-corrected chi connectivity index (χ2v) is 5.38. The van der Waals surface area contributed by atoms with E-state index in [0.29, 0.717) is 20.9 Å².